The Morgan fingerprint density at radius 3 is 2.54 bits per heavy atom. The van der Waals surface area contributed by atoms with Gasteiger partial charge in [0.15, 0.2) is 5.17 Å². The van der Waals surface area contributed by atoms with Crippen LogP contribution in [-0.4, -0.2) is 33.4 Å². The number of halogens is 1. The minimum Gasteiger partial charge on any atom is -0.481 e. The van der Waals surface area contributed by atoms with E-state index in [4.69, 9.17) is 10.1 Å². The van der Waals surface area contributed by atoms with Gasteiger partial charge in [-0.25, -0.2) is 4.39 Å². The van der Waals surface area contributed by atoms with Gasteiger partial charge in [-0.3, -0.25) is 19.5 Å². The van der Waals surface area contributed by atoms with E-state index in [2.05, 4.69) is 0 Å². The molecule has 2 aliphatic rings. The van der Waals surface area contributed by atoms with E-state index in [0.29, 0.717) is 10.9 Å². The van der Waals surface area contributed by atoms with Crippen LogP contribution in [0, 0.1) is 5.82 Å². The Kier molecular flexibility index (Phi) is 5.18. The van der Waals surface area contributed by atoms with Crippen molar-refractivity contribution in [2.45, 2.75) is 49.8 Å². The van der Waals surface area contributed by atoms with Crippen LogP contribution in [0.1, 0.15) is 38.5 Å². The number of aliphatic carboxylic acids is 1. The Hall–Kier alpha value is -1.89. The number of aliphatic imine (C=N–C) groups is 1. The molecule has 1 aliphatic carbocycles. The summed E-state index contributed by atoms with van der Waals surface area (Å²) < 4.78 is 13.2. The zero-order valence-electron chi connectivity index (χ0n) is 13.2. The molecule has 1 aliphatic heterocycles. The first kappa shape index (κ1) is 17.0. The van der Waals surface area contributed by atoms with Crippen molar-refractivity contribution in [3.8, 4) is 0 Å². The van der Waals surface area contributed by atoms with Gasteiger partial charge >= 0.3 is 5.97 Å². The summed E-state index contributed by atoms with van der Waals surface area (Å²) in [7, 11) is 0. The standard InChI is InChI=1S/C17H19FN2O3S/c18-11-6-8-13(9-7-11)20-16(23)14(10-15(21)22)24-17(20)19-12-4-2-1-3-5-12/h6-9,12,14H,1-5,10H2,(H,21,22)/t14-/m0/s1. The summed E-state index contributed by atoms with van der Waals surface area (Å²) in [6, 6.07) is 5.78. The Bertz CT molecular complexity index is 656. The maximum Gasteiger partial charge on any atom is 0.305 e. The normalized spacial score (nSPS) is 23.9. The van der Waals surface area contributed by atoms with Crippen LogP contribution in [-0.2, 0) is 9.59 Å². The molecule has 3 rings (SSSR count). The number of carbonyl (C=O) groups is 2. The van der Waals surface area contributed by atoms with Crippen molar-refractivity contribution in [2.24, 2.45) is 4.99 Å². The zero-order chi connectivity index (χ0) is 17.1. The molecular formula is C17H19FN2O3S. The Balaban J connectivity index is 1.90. The topological polar surface area (TPSA) is 70.0 Å². The van der Waals surface area contributed by atoms with Gasteiger partial charge in [-0.2, -0.15) is 0 Å². The highest BCUT2D eigenvalue weighted by Crippen LogP contribution is 2.35. The highest BCUT2D eigenvalue weighted by molar-refractivity contribution is 8.16. The summed E-state index contributed by atoms with van der Waals surface area (Å²) in [4.78, 5) is 29.8. The highest BCUT2D eigenvalue weighted by Gasteiger charge is 2.40. The molecule has 0 unspecified atom stereocenters. The average molecular weight is 350 g/mol. The summed E-state index contributed by atoms with van der Waals surface area (Å²) in [5.41, 5.74) is 0.524. The van der Waals surface area contributed by atoms with E-state index >= 15 is 0 Å². The fraction of sp³-hybridized carbons (Fsp3) is 0.471. The minimum absolute atomic E-state index is 0.167. The van der Waals surface area contributed by atoms with Crippen molar-refractivity contribution < 1.29 is 19.1 Å². The molecule has 1 amide bonds. The third kappa shape index (κ3) is 3.77. The molecule has 1 aromatic carbocycles. The number of nitrogens with zero attached hydrogens (tertiary/aromatic N) is 2. The van der Waals surface area contributed by atoms with Gasteiger partial charge in [0, 0.05) is 0 Å². The molecule has 1 N–H and O–H groups in total. The summed E-state index contributed by atoms with van der Waals surface area (Å²) in [6.07, 6.45) is 5.17. The molecule has 0 aromatic heterocycles. The second-order valence-corrected chi connectivity index (χ2v) is 7.23. The Morgan fingerprint density at radius 2 is 1.92 bits per heavy atom. The van der Waals surface area contributed by atoms with Crippen molar-refractivity contribution in [3.63, 3.8) is 0 Å². The third-order valence-electron chi connectivity index (χ3n) is 4.25. The molecule has 7 heteroatoms. The molecule has 0 bridgehead atoms. The SMILES string of the molecule is O=C(O)C[C@@H]1SC(=NC2CCCCC2)N(c2ccc(F)cc2)C1=O. The lowest BCUT2D eigenvalue weighted by atomic mass is 9.96. The number of carboxylic acid groups (broad SMARTS) is 1. The number of carboxylic acids is 1. The van der Waals surface area contributed by atoms with Gasteiger partial charge in [0.2, 0.25) is 5.91 Å². The van der Waals surface area contributed by atoms with Crippen LogP contribution < -0.4 is 4.90 Å². The highest BCUT2D eigenvalue weighted by atomic mass is 32.2. The molecule has 1 heterocycles. The summed E-state index contributed by atoms with van der Waals surface area (Å²) >= 11 is 1.20. The average Bonchev–Trinajstić information content (AvgIpc) is 2.84. The van der Waals surface area contributed by atoms with Crippen molar-refractivity contribution in [1.29, 1.82) is 0 Å². The van der Waals surface area contributed by atoms with Gasteiger partial charge in [0.1, 0.15) is 11.1 Å². The van der Waals surface area contributed by atoms with Crippen molar-refractivity contribution in [3.05, 3.63) is 30.1 Å². The second kappa shape index (κ2) is 7.34. The van der Waals surface area contributed by atoms with Crippen LogP contribution in [0.15, 0.2) is 29.3 Å². The van der Waals surface area contributed by atoms with E-state index in [9.17, 15) is 14.0 Å². The van der Waals surface area contributed by atoms with E-state index in [-0.39, 0.29) is 24.2 Å². The molecule has 1 saturated carbocycles. The van der Waals surface area contributed by atoms with Crippen molar-refractivity contribution >= 4 is 34.5 Å². The first-order chi connectivity index (χ1) is 11.5. The molecule has 1 atom stereocenters. The van der Waals surface area contributed by atoms with Crippen molar-refractivity contribution in [1.82, 2.24) is 0 Å². The number of rotatable bonds is 4. The maximum atomic E-state index is 13.2. The minimum atomic E-state index is -1.01. The van der Waals surface area contributed by atoms with Crippen LogP contribution in [0.25, 0.3) is 0 Å². The van der Waals surface area contributed by atoms with Crippen LogP contribution in [0.2, 0.25) is 0 Å². The van der Waals surface area contributed by atoms with E-state index in [1.165, 1.54) is 47.3 Å². The maximum absolute atomic E-state index is 13.2. The van der Waals surface area contributed by atoms with Gasteiger partial charge in [-0.05, 0) is 37.1 Å². The number of thioether (sulfide) groups is 1. The smallest absolute Gasteiger partial charge is 0.305 e. The number of hydrogen-bond acceptors (Lipinski definition) is 4. The lowest BCUT2D eigenvalue weighted by molar-refractivity contribution is -0.138. The fourth-order valence-electron chi connectivity index (χ4n) is 3.04. The van der Waals surface area contributed by atoms with E-state index in [1.54, 1.807) is 0 Å². The van der Waals surface area contributed by atoms with Gasteiger partial charge < -0.3 is 5.11 Å². The van der Waals surface area contributed by atoms with Gasteiger partial charge in [0.05, 0.1) is 18.2 Å². The molecule has 0 radical (unpaired) electrons. The van der Waals surface area contributed by atoms with Crippen LogP contribution in [0.3, 0.4) is 0 Å². The Labute approximate surface area is 143 Å². The Morgan fingerprint density at radius 1 is 1.25 bits per heavy atom. The molecule has 128 valence electrons. The van der Waals surface area contributed by atoms with E-state index < -0.39 is 11.2 Å². The number of anilines is 1. The molecular weight excluding hydrogens is 331 g/mol. The molecule has 24 heavy (non-hydrogen) atoms. The lowest BCUT2D eigenvalue weighted by Gasteiger charge is -2.21. The first-order valence-corrected chi connectivity index (χ1v) is 8.98. The molecule has 2 fully saturated rings. The van der Waals surface area contributed by atoms with Gasteiger partial charge in [-0.15, -0.1) is 0 Å². The number of amidine groups is 1. The number of hydrogen-bond donors (Lipinski definition) is 1. The zero-order valence-corrected chi connectivity index (χ0v) is 14.0. The fourth-order valence-corrected chi connectivity index (χ4v) is 4.24. The third-order valence-corrected chi connectivity index (χ3v) is 5.40. The van der Waals surface area contributed by atoms with Crippen LogP contribution in [0.5, 0.6) is 0 Å². The summed E-state index contributed by atoms with van der Waals surface area (Å²) in [5.74, 6) is -1.70. The van der Waals surface area contributed by atoms with Gasteiger partial charge in [0.25, 0.3) is 0 Å². The number of benzene rings is 1. The van der Waals surface area contributed by atoms with Gasteiger partial charge in [-0.1, -0.05) is 31.0 Å². The molecule has 1 saturated heterocycles. The van der Waals surface area contributed by atoms with Crippen LogP contribution >= 0.6 is 11.8 Å². The summed E-state index contributed by atoms with van der Waals surface area (Å²) in [6.45, 7) is 0. The lowest BCUT2D eigenvalue weighted by Crippen LogP contribution is -2.33. The monoisotopic (exact) mass is 350 g/mol. The first-order valence-electron chi connectivity index (χ1n) is 8.10. The second-order valence-electron chi connectivity index (χ2n) is 6.06. The van der Waals surface area contributed by atoms with Crippen molar-refractivity contribution in [2.75, 3.05) is 4.90 Å². The molecule has 1 aromatic rings. The predicted octanol–water partition coefficient (Wildman–Crippen LogP) is 3.44. The largest absolute Gasteiger partial charge is 0.481 e. The van der Waals surface area contributed by atoms with E-state index in [1.807, 2.05) is 0 Å². The van der Waals surface area contributed by atoms with E-state index in [0.717, 1.165) is 25.7 Å². The van der Waals surface area contributed by atoms with Crippen LogP contribution in [0.4, 0.5) is 10.1 Å². The molecule has 0 spiro atoms. The summed E-state index contributed by atoms with van der Waals surface area (Å²) in [5, 5.41) is 8.87. The quantitative estimate of drug-likeness (QED) is 0.903. The number of carbonyl (C=O) groups excluding carboxylic acids is 1. The number of amides is 1. The predicted molar refractivity (Wildman–Crippen MR) is 91.8 cm³/mol. The molecule has 5 nitrogen and oxygen atoms in total.